The molecule has 2 aromatic rings. The first-order valence-electron chi connectivity index (χ1n) is 9.99. The highest BCUT2D eigenvalue weighted by molar-refractivity contribution is 5.85. The van der Waals surface area contributed by atoms with Crippen LogP contribution in [-0.4, -0.2) is 38.4 Å². The van der Waals surface area contributed by atoms with Crippen molar-refractivity contribution in [3.8, 4) is 11.5 Å². The van der Waals surface area contributed by atoms with E-state index in [4.69, 9.17) is 14.2 Å². The molecule has 0 spiro atoms. The Morgan fingerprint density at radius 3 is 2.41 bits per heavy atom. The molecule has 152 valence electrons. The monoisotopic (exact) mass is 394 g/mol. The normalized spacial score (nSPS) is 17.2. The van der Waals surface area contributed by atoms with Gasteiger partial charge >= 0.3 is 5.97 Å². The summed E-state index contributed by atoms with van der Waals surface area (Å²) in [6, 6.07) is 16.4. The summed E-state index contributed by atoms with van der Waals surface area (Å²) in [6.07, 6.45) is 1.70. The summed E-state index contributed by atoms with van der Waals surface area (Å²) in [5, 5.41) is 3.32. The summed E-state index contributed by atoms with van der Waals surface area (Å²) in [5.74, 6) is 1.45. The quantitative estimate of drug-likeness (QED) is 0.692. The fourth-order valence-electron chi connectivity index (χ4n) is 3.49. The number of benzene rings is 2. The van der Waals surface area contributed by atoms with Gasteiger partial charge in [0.05, 0.1) is 25.4 Å². The van der Waals surface area contributed by atoms with E-state index in [1.807, 2.05) is 31.2 Å². The lowest BCUT2D eigenvalue weighted by Crippen LogP contribution is -2.54. The van der Waals surface area contributed by atoms with Gasteiger partial charge in [0.25, 0.3) is 0 Å². The predicted molar refractivity (Wildman–Crippen MR) is 111 cm³/mol. The fraction of sp³-hybridized carbons (Fsp3) is 0.348. The number of nitrogens with zero attached hydrogens (tertiary/aromatic N) is 1. The molecule has 1 atom stereocenters. The van der Waals surface area contributed by atoms with Crippen molar-refractivity contribution in [2.75, 3.05) is 31.2 Å². The van der Waals surface area contributed by atoms with E-state index < -0.39 is 0 Å². The van der Waals surface area contributed by atoms with Crippen molar-refractivity contribution in [3.05, 3.63) is 65.9 Å². The van der Waals surface area contributed by atoms with E-state index in [1.165, 1.54) is 11.8 Å². The summed E-state index contributed by atoms with van der Waals surface area (Å²) >= 11 is 0. The minimum Gasteiger partial charge on any atom is -0.494 e. The van der Waals surface area contributed by atoms with Crippen molar-refractivity contribution in [1.29, 1.82) is 0 Å². The van der Waals surface area contributed by atoms with Crippen LogP contribution >= 0.6 is 0 Å². The maximum atomic E-state index is 11.2. The molecule has 0 aromatic heterocycles. The highest BCUT2D eigenvalue weighted by Crippen LogP contribution is 2.27. The summed E-state index contributed by atoms with van der Waals surface area (Å²) in [4.78, 5) is 13.5. The first kappa shape index (κ1) is 19.2. The standard InChI is InChI=1S/C23H26N2O4/c1-3-27-20-8-10-21(11-9-20)29-22-13-25(14-22)19-6-4-17(5-7-19)16(2)24-18-12-23(26)28-15-18/h4-12,16,22,24H,3,13-15H2,1-2H3/t16-/m0/s1. The van der Waals surface area contributed by atoms with Crippen LogP contribution in [-0.2, 0) is 9.53 Å². The Kier molecular flexibility index (Phi) is 5.60. The van der Waals surface area contributed by atoms with Crippen LogP contribution in [0.3, 0.4) is 0 Å². The van der Waals surface area contributed by atoms with Gasteiger partial charge in [-0.2, -0.15) is 0 Å². The van der Waals surface area contributed by atoms with Gasteiger partial charge in [-0.1, -0.05) is 12.1 Å². The molecule has 0 amide bonds. The fourth-order valence-corrected chi connectivity index (χ4v) is 3.49. The third-order valence-corrected chi connectivity index (χ3v) is 5.11. The summed E-state index contributed by atoms with van der Waals surface area (Å²) in [7, 11) is 0. The average Bonchev–Trinajstić information content (AvgIpc) is 3.10. The molecule has 0 unspecified atom stereocenters. The van der Waals surface area contributed by atoms with Gasteiger partial charge in [-0.3, -0.25) is 0 Å². The Morgan fingerprint density at radius 1 is 1.10 bits per heavy atom. The summed E-state index contributed by atoms with van der Waals surface area (Å²) in [6.45, 7) is 6.77. The molecule has 0 aliphatic carbocycles. The Balaban J connectivity index is 1.26. The van der Waals surface area contributed by atoms with Crippen LogP contribution in [0.4, 0.5) is 5.69 Å². The van der Waals surface area contributed by atoms with Crippen LogP contribution in [0.1, 0.15) is 25.5 Å². The minimum absolute atomic E-state index is 0.108. The molecule has 2 aliphatic rings. The number of rotatable bonds is 8. The van der Waals surface area contributed by atoms with E-state index in [-0.39, 0.29) is 18.1 Å². The van der Waals surface area contributed by atoms with Crippen LogP contribution in [0.2, 0.25) is 0 Å². The average molecular weight is 394 g/mol. The second-order valence-electron chi connectivity index (χ2n) is 7.28. The van der Waals surface area contributed by atoms with Crippen molar-refractivity contribution in [3.63, 3.8) is 0 Å². The van der Waals surface area contributed by atoms with E-state index in [9.17, 15) is 4.79 Å². The molecule has 29 heavy (non-hydrogen) atoms. The van der Waals surface area contributed by atoms with Gasteiger partial charge in [0, 0.05) is 17.8 Å². The molecule has 6 nitrogen and oxygen atoms in total. The Hall–Kier alpha value is -3.15. The molecule has 1 N–H and O–H groups in total. The topological polar surface area (TPSA) is 60.0 Å². The smallest absolute Gasteiger partial charge is 0.333 e. The van der Waals surface area contributed by atoms with Crippen LogP contribution < -0.4 is 19.7 Å². The van der Waals surface area contributed by atoms with Gasteiger partial charge in [0.2, 0.25) is 0 Å². The number of esters is 1. The molecule has 2 aromatic carbocycles. The molecular formula is C23H26N2O4. The second-order valence-corrected chi connectivity index (χ2v) is 7.28. The van der Waals surface area contributed by atoms with Crippen LogP contribution in [0, 0.1) is 0 Å². The largest absolute Gasteiger partial charge is 0.494 e. The number of nitrogens with one attached hydrogen (secondary N) is 1. The minimum atomic E-state index is -0.283. The molecule has 0 bridgehead atoms. The number of hydrogen-bond acceptors (Lipinski definition) is 6. The van der Waals surface area contributed by atoms with Gasteiger partial charge in [0.15, 0.2) is 0 Å². The molecule has 6 heteroatoms. The van der Waals surface area contributed by atoms with Crippen molar-refractivity contribution >= 4 is 11.7 Å². The number of carbonyl (C=O) groups excluding carboxylic acids is 1. The first-order valence-corrected chi connectivity index (χ1v) is 9.99. The zero-order valence-corrected chi connectivity index (χ0v) is 16.8. The maximum Gasteiger partial charge on any atom is 0.333 e. The van der Waals surface area contributed by atoms with Gasteiger partial charge < -0.3 is 24.4 Å². The van der Waals surface area contributed by atoms with E-state index >= 15 is 0 Å². The third kappa shape index (κ3) is 4.65. The van der Waals surface area contributed by atoms with Crippen molar-refractivity contribution in [1.82, 2.24) is 5.32 Å². The van der Waals surface area contributed by atoms with Crippen LogP contribution in [0.15, 0.2) is 60.3 Å². The van der Waals surface area contributed by atoms with Crippen molar-refractivity contribution < 1.29 is 19.0 Å². The Labute approximate surface area is 171 Å². The van der Waals surface area contributed by atoms with Crippen molar-refractivity contribution in [2.45, 2.75) is 26.0 Å². The molecule has 1 saturated heterocycles. The predicted octanol–water partition coefficient (Wildman–Crippen LogP) is 3.44. The molecular weight excluding hydrogens is 368 g/mol. The van der Waals surface area contributed by atoms with E-state index in [0.29, 0.717) is 13.2 Å². The molecule has 2 aliphatic heterocycles. The lowest BCUT2D eigenvalue weighted by Gasteiger charge is -2.40. The van der Waals surface area contributed by atoms with E-state index in [2.05, 4.69) is 41.4 Å². The van der Waals surface area contributed by atoms with Gasteiger partial charge in [0.1, 0.15) is 24.2 Å². The molecule has 1 fully saturated rings. The Morgan fingerprint density at radius 2 is 1.79 bits per heavy atom. The van der Waals surface area contributed by atoms with Crippen molar-refractivity contribution in [2.24, 2.45) is 0 Å². The van der Waals surface area contributed by atoms with Crippen LogP contribution in [0.5, 0.6) is 11.5 Å². The first-order chi connectivity index (χ1) is 14.1. The summed E-state index contributed by atoms with van der Waals surface area (Å²) in [5.41, 5.74) is 3.17. The highest BCUT2D eigenvalue weighted by Gasteiger charge is 2.28. The summed E-state index contributed by atoms with van der Waals surface area (Å²) < 4.78 is 16.4. The highest BCUT2D eigenvalue weighted by atomic mass is 16.5. The van der Waals surface area contributed by atoms with Gasteiger partial charge in [-0.05, 0) is 55.8 Å². The zero-order chi connectivity index (χ0) is 20.2. The lowest BCUT2D eigenvalue weighted by atomic mass is 10.1. The van der Waals surface area contributed by atoms with E-state index in [0.717, 1.165) is 35.8 Å². The van der Waals surface area contributed by atoms with E-state index in [1.54, 1.807) is 0 Å². The number of cyclic esters (lactones) is 1. The number of hydrogen-bond donors (Lipinski definition) is 1. The van der Waals surface area contributed by atoms with Crippen LogP contribution in [0.25, 0.3) is 0 Å². The zero-order valence-electron chi connectivity index (χ0n) is 16.8. The van der Waals surface area contributed by atoms with Gasteiger partial charge in [-0.25, -0.2) is 4.79 Å². The Bertz CT molecular complexity index is 871. The molecule has 2 heterocycles. The number of anilines is 1. The third-order valence-electron chi connectivity index (χ3n) is 5.11. The SMILES string of the molecule is CCOc1ccc(OC2CN(c3ccc([C@H](C)NC4=CC(=O)OC4)cc3)C2)cc1. The number of carbonyl (C=O) groups is 1. The molecule has 0 radical (unpaired) electrons. The molecule has 0 saturated carbocycles. The second kappa shape index (κ2) is 8.47. The lowest BCUT2D eigenvalue weighted by molar-refractivity contribution is -0.134. The molecule has 4 rings (SSSR count). The van der Waals surface area contributed by atoms with Gasteiger partial charge in [-0.15, -0.1) is 0 Å². The maximum absolute atomic E-state index is 11.2. The number of ether oxygens (including phenoxy) is 3.